The number of benzene rings is 2. The number of fused-ring (bicyclic) bond motifs is 1. The third kappa shape index (κ3) is 3.04. The first-order valence-corrected chi connectivity index (χ1v) is 7.48. The van der Waals surface area contributed by atoms with Crippen molar-refractivity contribution in [3.63, 3.8) is 0 Å². The first kappa shape index (κ1) is 15.1. The molecule has 0 N–H and O–H groups in total. The van der Waals surface area contributed by atoms with E-state index in [1.54, 1.807) is 14.0 Å². The highest BCUT2D eigenvalue weighted by Gasteiger charge is 2.16. The van der Waals surface area contributed by atoms with E-state index in [1.807, 2.05) is 53.1 Å². The van der Waals surface area contributed by atoms with Crippen LogP contribution in [0.3, 0.4) is 0 Å². The Kier molecular flexibility index (Phi) is 4.28. The van der Waals surface area contributed by atoms with Gasteiger partial charge in [-0.1, -0.05) is 24.3 Å². The zero-order valence-corrected chi connectivity index (χ0v) is 13.2. The maximum Gasteiger partial charge on any atom is 0.326 e. The molecule has 1 heterocycles. The standard InChI is InChI=1S/C18H18N2O3/c1-3-23-17(21)12-20-16-10-5-4-9-15(16)19-18(20)13-7-6-8-14(11-13)22-2/h4-11H,3,12H2,1-2H3. The van der Waals surface area contributed by atoms with E-state index in [-0.39, 0.29) is 12.5 Å². The smallest absolute Gasteiger partial charge is 0.326 e. The van der Waals surface area contributed by atoms with E-state index in [2.05, 4.69) is 4.98 Å². The third-order valence-corrected chi connectivity index (χ3v) is 3.58. The van der Waals surface area contributed by atoms with E-state index >= 15 is 0 Å². The van der Waals surface area contributed by atoms with E-state index in [0.29, 0.717) is 6.61 Å². The summed E-state index contributed by atoms with van der Waals surface area (Å²) in [6.07, 6.45) is 0. The number of hydrogen-bond acceptors (Lipinski definition) is 4. The number of para-hydroxylation sites is 2. The number of esters is 1. The van der Waals surface area contributed by atoms with E-state index < -0.39 is 0 Å². The van der Waals surface area contributed by atoms with Crippen LogP contribution in [0.5, 0.6) is 5.75 Å². The molecule has 1 aromatic heterocycles. The van der Waals surface area contributed by atoms with Crippen molar-refractivity contribution in [1.82, 2.24) is 9.55 Å². The molecular formula is C18H18N2O3. The largest absolute Gasteiger partial charge is 0.497 e. The highest BCUT2D eigenvalue weighted by atomic mass is 16.5. The fourth-order valence-corrected chi connectivity index (χ4v) is 2.55. The van der Waals surface area contributed by atoms with Gasteiger partial charge in [-0.05, 0) is 31.2 Å². The van der Waals surface area contributed by atoms with E-state index in [1.165, 1.54) is 0 Å². The number of nitrogens with zero attached hydrogens (tertiary/aromatic N) is 2. The van der Waals surface area contributed by atoms with Gasteiger partial charge in [0, 0.05) is 5.56 Å². The first-order chi connectivity index (χ1) is 11.2. The summed E-state index contributed by atoms with van der Waals surface area (Å²) in [6.45, 7) is 2.29. The molecule has 0 aliphatic rings. The van der Waals surface area contributed by atoms with Gasteiger partial charge in [0.1, 0.15) is 18.1 Å². The highest BCUT2D eigenvalue weighted by Crippen LogP contribution is 2.27. The van der Waals surface area contributed by atoms with E-state index in [9.17, 15) is 4.79 Å². The van der Waals surface area contributed by atoms with Crippen LogP contribution in [0.25, 0.3) is 22.4 Å². The first-order valence-electron chi connectivity index (χ1n) is 7.48. The number of carbonyl (C=O) groups excluding carboxylic acids is 1. The molecule has 0 aliphatic carbocycles. The van der Waals surface area contributed by atoms with Gasteiger partial charge in [-0.3, -0.25) is 4.79 Å². The Morgan fingerprint density at radius 3 is 2.78 bits per heavy atom. The van der Waals surface area contributed by atoms with Crippen molar-refractivity contribution in [3.8, 4) is 17.1 Å². The van der Waals surface area contributed by atoms with Crippen molar-refractivity contribution >= 4 is 17.0 Å². The number of methoxy groups -OCH3 is 1. The average molecular weight is 310 g/mol. The fourth-order valence-electron chi connectivity index (χ4n) is 2.55. The Hall–Kier alpha value is -2.82. The van der Waals surface area contributed by atoms with Crippen molar-refractivity contribution < 1.29 is 14.3 Å². The molecular weight excluding hydrogens is 292 g/mol. The zero-order valence-electron chi connectivity index (χ0n) is 13.2. The van der Waals surface area contributed by atoms with Gasteiger partial charge in [-0.2, -0.15) is 0 Å². The minimum Gasteiger partial charge on any atom is -0.497 e. The molecule has 3 rings (SSSR count). The van der Waals surface area contributed by atoms with E-state index in [4.69, 9.17) is 9.47 Å². The number of carbonyl (C=O) groups is 1. The van der Waals surface area contributed by atoms with Gasteiger partial charge in [0.2, 0.25) is 0 Å². The summed E-state index contributed by atoms with van der Waals surface area (Å²) in [5.74, 6) is 1.19. The van der Waals surface area contributed by atoms with Crippen LogP contribution in [-0.2, 0) is 16.1 Å². The van der Waals surface area contributed by atoms with Crippen molar-refractivity contribution in [2.75, 3.05) is 13.7 Å². The number of rotatable bonds is 5. The van der Waals surface area contributed by atoms with Crippen molar-refractivity contribution in [1.29, 1.82) is 0 Å². The molecule has 2 aromatic carbocycles. The van der Waals surface area contributed by atoms with Crippen LogP contribution in [0.4, 0.5) is 0 Å². The molecule has 0 bridgehead atoms. The van der Waals surface area contributed by atoms with Crippen molar-refractivity contribution in [3.05, 3.63) is 48.5 Å². The summed E-state index contributed by atoms with van der Waals surface area (Å²) in [6, 6.07) is 15.4. The SMILES string of the molecule is CCOC(=O)Cn1c(-c2cccc(OC)c2)nc2ccccc21. The van der Waals surface area contributed by atoms with Gasteiger partial charge >= 0.3 is 5.97 Å². The molecule has 3 aromatic rings. The minimum absolute atomic E-state index is 0.126. The fraction of sp³-hybridized carbons (Fsp3) is 0.222. The van der Waals surface area contributed by atoms with Crippen LogP contribution in [0.1, 0.15) is 6.92 Å². The molecule has 0 unspecified atom stereocenters. The quantitative estimate of drug-likeness (QED) is 0.679. The van der Waals surface area contributed by atoms with E-state index in [0.717, 1.165) is 28.2 Å². The predicted octanol–water partition coefficient (Wildman–Crippen LogP) is 3.28. The highest BCUT2D eigenvalue weighted by molar-refractivity contribution is 5.83. The lowest BCUT2D eigenvalue weighted by Crippen LogP contribution is -2.14. The van der Waals surface area contributed by atoms with Crippen LogP contribution in [0.2, 0.25) is 0 Å². The summed E-state index contributed by atoms with van der Waals surface area (Å²) in [5, 5.41) is 0. The molecule has 0 saturated carbocycles. The number of ether oxygens (including phenoxy) is 2. The molecule has 0 spiro atoms. The van der Waals surface area contributed by atoms with Gasteiger partial charge in [0.25, 0.3) is 0 Å². The second-order valence-corrected chi connectivity index (χ2v) is 5.05. The molecule has 5 nitrogen and oxygen atoms in total. The summed E-state index contributed by atoms with van der Waals surface area (Å²) in [5.41, 5.74) is 2.64. The zero-order chi connectivity index (χ0) is 16.2. The van der Waals surface area contributed by atoms with Gasteiger partial charge < -0.3 is 14.0 Å². The van der Waals surface area contributed by atoms with Gasteiger partial charge in [-0.15, -0.1) is 0 Å². The Morgan fingerprint density at radius 2 is 2.00 bits per heavy atom. The lowest BCUT2D eigenvalue weighted by atomic mass is 10.2. The molecule has 0 amide bonds. The number of imidazole rings is 1. The molecule has 0 saturated heterocycles. The average Bonchev–Trinajstić information content (AvgIpc) is 2.94. The second kappa shape index (κ2) is 6.52. The van der Waals surface area contributed by atoms with Crippen LogP contribution in [0.15, 0.2) is 48.5 Å². The maximum absolute atomic E-state index is 12.0. The van der Waals surface area contributed by atoms with Gasteiger partial charge in [0.15, 0.2) is 0 Å². The molecule has 0 fully saturated rings. The summed E-state index contributed by atoms with van der Waals surface area (Å²) >= 11 is 0. The Balaban J connectivity index is 2.13. The van der Waals surface area contributed by atoms with Gasteiger partial charge in [-0.25, -0.2) is 4.98 Å². The monoisotopic (exact) mass is 310 g/mol. The Bertz CT molecular complexity index is 839. The molecule has 23 heavy (non-hydrogen) atoms. The normalized spacial score (nSPS) is 10.7. The molecule has 118 valence electrons. The summed E-state index contributed by atoms with van der Waals surface area (Å²) in [4.78, 5) is 16.6. The van der Waals surface area contributed by atoms with Crippen LogP contribution < -0.4 is 4.74 Å². The second-order valence-electron chi connectivity index (χ2n) is 5.05. The minimum atomic E-state index is -0.278. The molecule has 0 aliphatic heterocycles. The van der Waals surface area contributed by atoms with Crippen LogP contribution in [0, 0.1) is 0 Å². The maximum atomic E-state index is 12.0. The lowest BCUT2D eigenvalue weighted by Gasteiger charge is -2.09. The molecule has 0 atom stereocenters. The summed E-state index contributed by atoms with van der Waals surface area (Å²) in [7, 11) is 1.63. The topological polar surface area (TPSA) is 53.4 Å². The van der Waals surface area contributed by atoms with Crippen LogP contribution in [-0.4, -0.2) is 29.2 Å². The van der Waals surface area contributed by atoms with Crippen molar-refractivity contribution in [2.45, 2.75) is 13.5 Å². The summed E-state index contributed by atoms with van der Waals surface area (Å²) < 4.78 is 12.2. The number of aromatic nitrogens is 2. The van der Waals surface area contributed by atoms with Crippen molar-refractivity contribution in [2.24, 2.45) is 0 Å². The number of hydrogen-bond donors (Lipinski definition) is 0. The van der Waals surface area contributed by atoms with Gasteiger partial charge in [0.05, 0.1) is 24.8 Å². The predicted molar refractivity (Wildman–Crippen MR) is 88.4 cm³/mol. The molecule has 0 radical (unpaired) electrons. The van der Waals surface area contributed by atoms with Crippen LogP contribution >= 0.6 is 0 Å². The molecule has 5 heteroatoms. The lowest BCUT2D eigenvalue weighted by molar-refractivity contribution is -0.143. The Labute approximate surface area is 134 Å². The third-order valence-electron chi connectivity index (χ3n) is 3.58. The Morgan fingerprint density at radius 1 is 1.17 bits per heavy atom.